The second-order valence-corrected chi connectivity index (χ2v) is 6.81. The van der Waals surface area contributed by atoms with E-state index in [2.05, 4.69) is 29.0 Å². The number of likely N-dealkylation sites (tertiary alicyclic amines) is 1. The van der Waals surface area contributed by atoms with Crippen LogP contribution in [0.25, 0.3) is 0 Å². The van der Waals surface area contributed by atoms with Crippen LogP contribution in [0, 0.1) is 0 Å². The van der Waals surface area contributed by atoms with Crippen molar-refractivity contribution in [3.05, 3.63) is 35.4 Å². The molecule has 3 rings (SSSR count). The van der Waals surface area contributed by atoms with Crippen LogP contribution in [0.1, 0.15) is 28.8 Å². The lowest BCUT2D eigenvalue weighted by Gasteiger charge is -2.32. The van der Waals surface area contributed by atoms with Crippen LogP contribution in [-0.4, -0.2) is 73.0 Å². The van der Waals surface area contributed by atoms with E-state index in [-0.39, 0.29) is 36.8 Å². The highest BCUT2D eigenvalue weighted by Crippen LogP contribution is 2.20. The van der Waals surface area contributed by atoms with Gasteiger partial charge in [-0.1, -0.05) is 12.1 Å². The summed E-state index contributed by atoms with van der Waals surface area (Å²) in [5.41, 5.74) is 7.83. The highest BCUT2D eigenvalue weighted by atomic mass is 35.5. The van der Waals surface area contributed by atoms with E-state index in [9.17, 15) is 4.79 Å². The summed E-state index contributed by atoms with van der Waals surface area (Å²) in [4.78, 5) is 19.5. The van der Waals surface area contributed by atoms with Gasteiger partial charge in [0.2, 0.25) is 0 Å². The zero-order valence-corrected chi connectivity index (χ0v) is 16.5. The van der Waals surface area contributed by atoms with Crippen LogP contribution >= 0.6 is 24.8 Å². The molecule has 2 fully saturated rings. The van der Waals surface area contributed by atoms with Crippen molar-refractivity contribution in [1.29, 1.82) is 0 Å². The smallest absolute Gasteiger partial charge is 0.254 e. The number of carbonyl (C=O) groups is 1. The van der Waals surface area contributed by atoms with Gasteiger partial charge in [-0.05, 0) is 37.6 Å². The predicted molar refractivity (Wildman–Crippen MR) is 107 cm³/mol. The molecule has 0 radical (unpaired) electrons. The van der Waals surface area contributed by atoms with Gasteiger partial charge in [0.25, 0.3) is 5.91 Å². The van der Waals surface area contributed by atoms with Gasteiger partial charge in [-0.2, -0.15) is 0 Å². The fraction of sp³-hybridized carbons (Fsp3) is 0.611. The van der Waals surface area contributed by atoms with Crippen molar-refractivity contribution in [2.75, 3.05) is 46.3 Å². The van der Waals surface area contributed by atoms with Crippen LogP contribution < -0.4 is 5.73 Å². The van der Waals surface area contributed by atoms with E-state index in [0.717, 1.165) is 57.7 Å². The molecule has 2 aliphatic heterocycles. The third-order valence-corrected chi connectivity index (χ3v) is 5.09. The van der Waals surface area contributed by atoms with E-state index >= 15 is 0 Å². The summed E-state index contributed by atoms with van der Waals surface area (Å²) in [6.45, 7) is 6.74. The van der Waals surface area contributed by atoms with Crippen molar-refractivity contribution < 1.29 is 4.79 Å². The molecule has 0 saturated carbocycles. The molecule has 5 nitrogen and oxygen atoms in total. The predicted octanol–water partition coefficient (Wildman–Crippen LogP) is 1.84. The lowest BCUT2D eigenvalue weighted by molar-refractivity contribution is 0.0741. The van der Waals surface area contributed by atoms with E-state index in [4.69, 9.17) is 5.73 Å². The number of hydrogen-bond acceptors (Lipinski definition) is 4. The van der Waals surface area contributed by atoms with Crippen molar-refractivity contribution >= 4 is 30.7 Å². The molecule has 1 aromatic rings. The Morgan fingerprint density at radius 3 is 2.56 bits per heavy atom. The summed E-state index contributed by atoms with van der Waals surface area (Å²) in [6.07, 6.45) is 2.10. The second kappa shape index (κ2) is 10.3. The molecule has 1 amide bonds. The normalized spacial score (nSPS) is 21.5. The molecule has 2 saturated heterocycles. The summed E-state index contributed by atoms with van der Waals surface area (Å²) in [5.74, 6) is 0.137. The maximum atomic E-state index is 12.8. The summed E-state index contributed by atoms with van der Waals surface area (Å²) < 4.78 is 0. The van der Waals surface area contributed by atoms with Gasteiger partial charge in [0.05, 0.1) is 0 Å². The zero-order valence-electron chi connectivity index (χ0n) is 14.9. The van der Waals surface area contributed by atoms with Gasteiger partial charge >= 0.3 is 0 Å². The summed E-state index contributed by atoms with van der Waals surface area (Å²) in [5, 5.41) is 0. The number of benzene rings is 1. The van der Waals surface area contributed by atoms with Gasteiger partial charge < -0.3 is 15.5 Å². The van der Waals surface area contributed by atoms with Crippen LogP contribution in [0.15, 0.2) is 24.3 Å². The Morgan fingerprint density at radius 1 is 1.16 bits per heavy atom. The Balaban J connectivity index is 0.00000156. The van der Waals surface area contributed by atoms with E-state index in [1.165, 1.54) is 5.56 Å². The molecule has 1 unspecified atom stereocenters. The Hall–Kier alpha value is -0.850. The molecule has 25 heavy (non-hydrogen) atoms. The van der Waals surface area contributed by atoms with Crippen LogP contribution in [0.5, 0.6) is 0 Å². The molecule has 0 aliphatic carbocycles. The van der Waals surface area contributed by atoms with Crippen LogP contribution in [0.2, 0.25) is 0 Å². The first-order valence-electron chi connectivity index (χ1n) is 8.68. The van der Waals surface area contributed by atoms with Crippen LogP contribution in [0.3, 0.4) is 0 Å². The number of rotatable bonds is 4. The number of likely N-dealkylation sites (N-methyl/N-ethyl adjacent to an activating group) is 1. The monoisotopic (exact) mass is 388 g/mol. The second-order valence-electron chi connectivity index (χ2n) is 6.81. The van der Waals surface area contributed by atoms with Crippen molar-refractivity contribution in [2.24, 2.45) is 5.73 Å². The lowest BCUT2D eigenvalue weighted by Crippen LogP contribution is -2.43. The first-order chi connectivity index (χ1) is 11.2. The fourth-order valence-corrected chi connectivity index (χ4v) is 3.58. The average molecular weight is 389 g/mol. The molecule has 0 aromatic heterocycles. The third kappa shape index (κ3) is 5.56. The largest absolute Gasteiger partial charge is 0.334 e. The molecular weight excluding hydrogens is 359 g/mol. The SMILES string of the molecule is CN1CCN(Cc2cccc(C(=O)N3CCCC3CN)c2)CC1.Cl.Cl. The Kier molecular flexibility index (Phi) is 9.17. The maximum Gasteiger partial charge on any atom is 0.254 e. The summed E-state index contributed by atoms with van der Waals surface area (Å²) >= 11 is 0. The maximum absolute atomic E-state index is 12.8. The number of halogens is 2. The number of nitrogens with two attached hydrogens (primary N) is 1. The molecule has 0 bridgehead atoms. The van der Waals surface area contributed by atoms with Crippen molar-refractivity contribution in [3.8, 4) is 0 Å². The van der Waals surface area contributed by atoms with E-state index in [1.54, 1.807) is 0 Å². The van der Waals surface area contributed by atoms with Gasteiger partial charge in [0, 0.05) is 57.4 Å². The van der Waals surface area contributed by atoms with E-state index in [1.807, 2.05) is 17.0 Å². The standard InChI is InChI=1S/C18H28N4O.2ClH/c1-20-8-10-21(11-9-20)14-15-4-2-5-16(12-15)18(23)22-7-3-6-17(22)13-19;;/h2,4-5,12,17H,3,6-11,13-14,19H2,1H3;2*1H. The number of nitrogens with zero attached hydrogens (tertiary/aromatic N) is 3. The number of carbonyl (C=O) groups excluding carboxylic acids is 1. The van der Waals surface area contributed by atoms with Gasteiger partial charge in [0.15, 0.2) is 0 Å². The van der Waals surface area contributed by atoms with Crippen molar-refractivity contribution in [2.45, 2.75) is 25.4 Å². The van der Waals surface area contributed by atoms with Crippen LogP contribution in [0.4, 0.5) is 0 Å². The zero-order chi connectivity index (χ0) is 16.2. The van der Waals surface area contributed by atoms with E-state index in [0.29, 0.717) is 6.54 Å². The molecule has 1 aromatic carbocycles. The van der Waals surface area contributed by atoms with Gasteiger partial charge in [-0.15, -0.1) is 24.8 Å². The Labute approximate surface area is 163 Å². The van der Waals surface area contributed by atoms with Gasteiger partial charge in [-0.3, -0.25) is 9.69 Å². The summed E-state index contributed by atoms with van der Waals surface area (Å²) in [7, 11) is 2.17. The van der Waals surface area contributed by atoms with Crippen molar-refractivity contribution in [3.63, 3.8) is 0 Å². The minimum atomic E-state index is 0. The number of amides is 1. The lowest BCUT2D eigenvalue weighted by atomic mass is 10.1. The quantitative estimate of drug-likeness (QED) is 0.854. The molecule has 2 heterocycles. The molecular formula is C18H30Cl2N4O. The average Bonchev–Trinajstić information content (AvgIpc) is 3.05. The first kappa shape index (κ1) is 22.2. The highest BCUT2D eigenvalue weighted by Gasteiger charge is 2.28. The third-order valence-electron chi connectivity index (χ3n) is 5.09. The van der Waals surface area contributed by atoms with Gasteiger partial charge in [-0.25, -0.2) is 0 Å². The molecule has 142 valence electrons. The molecule has 7 heteroatoms. The van der Waals surface area contributed by atoms with Crippen molar-refractivity contribution in [1.82, 2.24) is 14.7 Å². The molecule has 2 aliphatic rings. The minimum absolute atomic E-state index is 0. The first-order valence-corrected chi connectivity index (χ1v) is 8.68. The van der Waals surface area contributed by atoms with E-state index < -0.39 is 0 Å². The molecule has 2 N–H and O–H groups in total. The van der Waals surface area contributed by atoms with Gasteiger partial charge in [0.1, 0.15) is 0 Å². The highest BCUT2D eigenvalue weighted by molar-refractivity contribution is 5.94. The fourth-order valence-electron chi connectivity index (χ4n) is 3.58. The summed E-state index contributed by atoms with van der Waals surface area (Å²) in [6, 6.07) is 8.34. The number of hydrogen-bond donors (Lipinski definition) is 1. The minimum Gasteiger partial charge on any atom is -0.334 e. The number of piperazine rings is 1. The molecule has 1 atom stereocenters. The Bertz CT molecular complexity index is 550. The van der Waals surface area contributed by atoms with Crippen LogP contribution in [-0.2, 0) is 6.54 Å². The Morgan fingerprint density at radius 2 is 1.88 bits per heavy atom. The topological polar surface area (TPSA) is 52.8 Å². The molecule has 0 spiro atoms.